The SMILES string of the molecule is CCCSC[C@H](C)C(=O)Oc1ccccc1. The maximum atomic E-state index is 11.7. The van der Waals surface area contributed by atoms with E-state index >= 15 is 0 Å². The van der Waals surface area contributed by atoms with Crippen molar-refractivity contribution in [1.29, 1.82) is 0 Å². The van der Waals surface area contributed by atoms with Crippen molar-refractivity contribution >= 4 is 17.7 Å². The number of benzene rings is 1. The first kappa shape index (κ1) is 13.1. The third-order valence-corrected chi connectivity index (χ3v) is 3.51. The summed E-state index contributed by atoms with van der Waals surface area (Å²) in [5.41, 5.74) is 0. The number of ether oxygens (including phenoxy) is 1. The first-order valence-corrected chi connectivity index (χ1v) is 6.74. The highest BCUT2D eigenvalue weighted by molar-refractivity contribution is 7.99. The molecule has 2 nitrogen and oxygen atoms in total. The Labute approximate surface area is 101 Å². The van der Waals surface area contributed by atoms with Gasteiger partial charge in [-0.15, -0.1) is 0 Å². The average Bonchev–Trinajstić information content (AvgIpc) is 2.30. The minimum absolute atomic E-state index is 0.0447. The lowest BCUT2D eigenvalue weighted by molar-refractivity contribution is -0.137. The molecule has 16 heavy (non-hydrogen) atoms. The standard InChI is InChI=1S/C13H18O2S/c1-3-9-16-10-11(2)13(14)15-12-7-5-4-6-8-12/h4-8,11H,3,9-10H2,1-2H3/t11-/m0/s1. The Bertz CT molecular complexity index is 311. The monoisotopic (exact) mass is 238 g/mol. The topological polar surface area (TPSA) is 26.3 Å². The molecular weight excluding hydrogens is 220 g/mol. The Kier molecular flexibility index (Phi) is 6.01. The molecule has 0 spiro atoms. The summed E-state index contributed by atoms with van der Waals surface area (Å²) in [7, 11) is 0. The first-order valence-electron chi connectivity index (χ1n) is 5.58. The van der Waals surface area contributed by atoms with Gasteiger partial charge in [-0.2, -0.15) is 11.8 Å². The normalized spacial score (nSPS) is 12.1. The molecule has 0 aromatic heterocycles. The highest BCUT2D eigenvalue weighted by atomic mass is 32.2. The maximum Gasteiger partial charge on any atom is 0.314 e. The Hall–Kier alpha value is -0.960. The smallest absolute Gasteiger partial charge is 0.314 e. The minimum Gasteiger partial charge on any atom is -0.426 e. The molecule has 0 N–H and O–H groups in total. The van der Waals surface area contributed by atoms with Gasteiger partial charge in [-0.3, -0.25) is 4.79 Å². The molecule has 1 atom stereocenters. The fourth-order valence-electron chi connectivity index (χ4n) is 1.18. The summed E-state index contributed by atoms with van der Waals surface area (Å²) in [5.74, 6) is 2.37. The fraction of sp³-hybridized carbons (Fsp3) is 0.462. The highest BCUT2D eigenvalue weighted by Crippen LogP contribution is 2.14. The second-order valence-electron chi connectivity index (χ2n) is 3.71. The largest absolute Gasteiger partial charge is 0.426 e. The lowest BCUT2D eigenvalue weighted by Gasteiger charge is -2.10. The molecule has 0 heterocycles. The van der Waals surface area contributed by atoms with E-state index in [1.807, 2.05) is 25.1 Å². The van der Waals surface area contributed by atoms with Crippen molar-refractivity contribution in [2.75, 3.05) is 11.5 Å². The van der Waals surface area contributed by atoms with Gasteiger partial charge in [0.25, 0.3) is 0 Å². The van der Waals surface area contributed by atoms with E-state index in [0.29, 0.717) is 5.75 Å². The summed E-state index contributed by atoms with van der Waals surface area (Å²) in [6.07, 6.45) is 1.14. The van der Waals surface area contributed by atoms with Crippen LogP contribution < -0.4 is 4.74 Å². The van der Waals surface area contributed by atoms with Crippen LogP contribution in [0.5, 0.6) is 5.75 Å². The van der Waals surface area contributed by atoms with E-state index < -0.39 is 0 Å². The van der Waals surface area contributed by atoms with Crippen molar-refractivity contribution in [3.8, 4) is 5.75 Å². The number of thioether (sulfide) groups is 1. The summed E-state index contributed by atoms with van der Waals surface area (Å²) in [6.45, 7) is 4.05. The lowest BCUT2D eigenvalue weighted by atomic mass is 10.2. The second-order valence-corrected chi connectivity index (χ2v) is 4.86. The van der Waals surface area contributed by atoms with Gasteiger partial charge in [0.05, 0.1) is 5.92 Å². The summed E-state index contributed by atoms with van der Waals surface area (Å²) >= 11 is 1.80. The molecule has 1 aromatic rings. The van der Waals surface area contributed by atoms with Crippen molar-refractivity contribution in [2.24, 2.45) is 5.92 Å². The average molecular weight is 238 g/mol. The van der Waals surface area contributed by atoms with Crippen molar-refractivity contribution in [3.05, 3.63) is 30.3 Å². The summed E-state index contributed by atoms with van der Waals surface area (Å²) in [4.78, 5) is 11.7. The molecule has 0 aliphatic carbocycles. The lowest BCUT2D eigenvalue weighted by Crippen LogP contribution is -2.19. The van der Waals surface area contributed by atoms with E-state index in [0.717, 1.165) is 17.9 Å². The van der Waals surface area contributed by atoms with Gasteiger partial charge in [0.2, 0.25) is 0 Å². The van der Waals surface area contributed by atoms with Crippen LogP contribution in [0.2, 0.25) is 0 Å². The van der Waals surface area contributed by atoms with Crippen molar-refractivity contribution in [3.63, 3.8) is 0 Å². The van der Waals surface area contributed by atoms with Gasteiger partial charge in [-0.25, -0.2) is 0 Å². The number of carbonyl (C=O) groups is 1. The molecule has 0 fully saturated rings. The van der Waals surface area contributed by atoms with Gasteiger partial charge in [0.1, 0.15) is 5.75 Å². The molecule has 1 aromatic carbocycles. The van der Waals surface area contributed by atoms with E-state index in [-0.39, 0.29) is 11.9 Å². The van der Waals surface area contributed by atoms with Crippen molar-refractivity contribution < 1.29 is 9.53 Å². The van der Waals surface area contributed by atoms with Gasteiger partial charge in [0.15, 0.2) is 0 Å². The molecule has 1 rings (SSSR count). The molecule has 0 aliphatic rings. The fourth-order valence-corrected chi connectivity index (χ4v) is 2.12. The number of rotatable bonds is 6. The van der Waals surface area contributed by atoms with Crippen LogP contribution in [0.15, 0.2) is 30.3 Å². The third kappa shape index (κ3) is 4.71. The van der Waals surface area contributed by atoms with Crippen LogP contribution in [-0.2, 0) is 4.79 Å². The molecule has 0 saturated carbocycles. The van der Waals surface area contributed by atoms with Crippen LogP contribution in [-0.4, -0.2) is 17.5 Å². The van der Waals surface area contributed by atoms with E-state index in [1.54, 1.807) is 23.9 Å². The van der Waals surface area contributed by atoms with Gasteiger partial charge < -0.3 is 4.74 Å². The number of para-hydroxylation sites is 1. The third-order valence-electron chi connectivity index (χ3n) is 2.08. The van der Waals surface area contributed by atoms with E-state index in [9.17, 15) is 4.79 Å². The number of carbonyl (C=O) groups excluding carboxylic acids is 1. The Balaban J connectivity index is 2.34. The number of esters is 1. The molecule has 88 valence electrons. The zero-order valence-corrected chi connectivity index (χ0v) is 10.6. The Morgan fingerprint density at radius 1 is 1.38 bits per heavy atom. The van der Waals surface area contributed by atoms with Crippen molar-refractivity contribution in [1.82, 2.24) is 0 Å². The molecule has 0 saturated heterocycles. The molecule has 0 amide bonds. The maximum absolute atomic E-state index is 11.7. The zero-order valence-electron chi connectivity index (χ0n) is 9.81. The molecule has 0 aliphatic heterocycles. The van der Waals surface area contributed by atoms with Crippen LogP contribution in [0, 0.1) is 5.92 Å². The zero-order chi connectivity index (χ0) is 11.8. The number of hydrogen-bond donors (Lipinski definition) is 0. The minimum atomic E-state index is -0.144. The molecule has 0 unspecified atom stereocenters. The summed E-state index contributed by atoms with van der Waals surface area (Å²) < 4.78 is 5.25. The summed E-state index contributed by atoms with van der Waals surface area (Å²) in [5, 5.41) is 0. The van der Waals surface area contributed by atoms with Crippen LogP contribution in [0.1, 0.15) is 20.3 Å². The van der Waals surface area contributed by atoms with Gasteiger partial charge in [-0.05, 0) is 24.3 Å². The van der Waals surface area contributed by atoms with E-state index in [4.69, 9.17) is 4.74 Å². The molecule has 0 radical (unpaired) electrons. The molecule has 0 bridgehead atoms. The van der Waals surface area contributed by atoms with E-state index in [2.05, 4.69) is 6.92 Å². The van der Waals surface area contributed by atoms with Gasteiger partial charge >= 0.3 is 5.97 Å². The van der Waals surface area contributed by atoms with Crippen LogP contribution in [0.3, 0.4) is 0 Å². The van der Waals surface area contributed by atoms with Crippen LogP contribution in [0.25, 0.3) is 0 Å². The predicted molar refractivity (Wildman–Crippen MR) is 68.9 cm³/mol. The molecule has 3 heteroatoms. The highest BCUT2D eigenvalue weighted by Gasteiger charge is 2.14. The van der Waals surface area contributed by atoms with Gasteiger partial charge in [-0.1, -0.05) is 32.0 Å². The Morgan fingerprint density at radius 2 is 2.06 bits per heavy atom. The van der Waals surface area contributed by atoms with Crippen molar-refractivity contribution in [2.45, 2.75) is 20.3 Å². The van der Waals surface area contributed by atoms with Gasteiger partial charge in [0, 0.05) is 5.75 Å². The quantitative estimate of drug-likeness (QED) is 0.432. The second kappa shape index (κ2) is 7.34. The van der Waals surface area contributed by atoms with Crippen LogP contribution >= 0.6 is 11.8 Å². The Morgan fingerprint density at radius 3 is 2.69 bits per heavy atom. The predicted octanol–water partition coefficient (Wildman–Crippen LogP) is 3.37. The van der Waals surface area contributed by atoms with E-state index in [1.165, 1.54) is 0 Å². The van der Waals surface area contributed by atoms with Crippen LogP contribution in [0.4, 0.5) is 0 Å². The molecular formula is C13H18O2S. The first-order chi connectivity index (χ1) is 7.74. The number of hydrogen-bond acceptors (Lipinski definition) is 3. The summed E-state index contributed by atoms with van der Waals surface area (Å²) in [6, 6.07) is 9.21.